The lowest BCUT2D eigenvalue weighted by Gasteiger charge is -2.26. The summed E-state index contributed by atoms with van der Waals surface area (Å²) in [4.78, 5) is 17.1. The molecular formula is C23H27N3O4S. The van der Waals surface area contributed by atoms with Crippen molar-refractivity contribution < 1.29 is 17.9 Å². The van der Waals surface area contributed by atoms with Crippen LogP contribution >= 0.6 is 0 Å². The molecule has 0 amide bonds. The number of carbonyl (C=O) groups is 1. The molecule has 0 spiro atoms. The number of nitrogens with zero attached hydrogens (tertiary/aromatic N) is 3. The molecule has 7 nitrogen and oxygen atoms in total. The predicted molar refractivity (Wildman–Crippen MR) is 119 cm³/mol. The first-order valence-electron chi connectivity index (χ1n) is 10.4. The Balaban J connectivity index is 1.82. The molecule has 1 aliphatic heterocycles. The molecule has 164 valence electrons. The molecule has 0 saturated carbocycles. The Labute approximate surface area is 182 Å². The van der Waals surface area contributed by atoms with Crippen LogP contribution in [0, 0.1) is 6.92 Å². The van der Waals surface area contributed by atoms with Gasteiger partial charge in [-0.2, -0.15) is 4.31 Å². The van der Waals surface area contributed by atoms with E-state index in [-0.39, 0.29) is 22.5 Å². The molecule has 1 atom stereocenters. The Morgan fingerprint density at radius 3 is 2.61 bits per heavy atom. The third-order valence-corrected chi connectivity index (χ3v) is 7.97. The first-order valence-corrected chi connectivity index (χ1v) is 11.9. The summed E-state index contributed by atoms with van der Waals surface area (Å²) >= 11 is 0. The number of carbonyl (C=O) groups excluding carboxylic acids is 1. The number of para-hydroxylation sites is 2. The van der Waals surface area contributed by atoms with Crippen LogP contribution < -0.4 is 0 Å². The van der Waals surface area contributed by atoms with Crippen LogP contribution in [0.4, 0.5) is 0 Å². The van der Waals surface area contributed by atoms with Gasteiger partial charge >= 0.3 is 5.97 Å². The van der Waals surface area contributed by atoms with Crippen LogP contribution in [0.2, 0.25) is 0 Å². The Kier molecular flexibility index (Phi) is 5.61. The minimum absolute atomic E-state index is 0.134. The van der Waals surface area contributed by atoms with Crippen LogP contribution in [-0.4, -0.2) is 41.9 Å². The van der Waals surface area contributed by atoms with Gasteiger partial charge < -0.3 is 9.30 Å². The highest BCUT2D eigenvalue weighted by atomic mass is 32.2. The van der Waals surface area contributed by atoms with E-state index in [1.54, 1.807) is 25.1 Å². The quantitative estimate of drug-likeness (QED) is 0.553. The van der Waals surface area contributed by atoms with Gasteiger partial charge in [-0.15, -0.1) is 0 Å². The summed E-state index contributed by atoms with van der Waals surface area (Å²) in [6, 6.07) is 12.4. The zero-order chi connectivity index (χ0) is 22.3. The maximum atomic E-state index is 13.7. The van der Waals surface area contributed by atoms with E-state index in [4.69, 9.17) is 9.72 Å². The van der Waals surface area contributed by atoms with Gasteiger partial charge in [-0.3, -0.25) is 0 Å². The van der Waals surface area contributed by atoms with Crippen molar-refractivity contribution in [2.75, 3.05) is 13.7 Å². The van der Waals surface area contributed by atoms with E-state index in [0.29, 0.717) is 18.5 Å². The van der Waals surface area contributed by atoms with Gasteiger partial charge in [-0.25, -0.2) is 18.2 Å². The molecule has 2 aromatic carbocycles. The van der Waals surface area contributed by atoms with E-state index in [1.807, 2.05) is 24.3 Å². The second-order valence-electron chi connectivity index (χ2n) is 8.12. The van der Waals surface area contributed by atoms with Gasteiger partial charge in [-0.05, 0) is 63.4 Å². The van der Waals surface area contributed by atoms with Gasteiger partial charge in [0, 0.05) is 12.6 Å². The zero-order valence-electron chi connectivity index (χ0n) is 18.2. The van der Waals surface area contributed by atoms with E-state index >= 15 is 0 Å². The Morgan fingerprint density at radius 1 is 1.16 bits per heavy atom. The van der Waals surface area contributed by atoms with E-state index in [0.717, 1.165) is 23.3 Å². The molecule has 8 heteroatoms. The van der Waals surface area contributed by atoms with E-state index < -0.39 is 16.0 Å². The zero-order valence-corrected chi connectivity index (χ0v) is 19.0. The molecule has 0 bridgehead atoms. The number of ether oxygens (including phenoxy) is 1. The van der Waals surface area contributed by atoms with Crippen LogP contribution in [0.25, 0.3) is 11.0 Å². The lowest BCUT2D eigenvalue weighted by molar-refractivity contribution is 0.0599. The van der Waals surface area contributed by atoms with Gasteiger partial charge in [0.2, 0.25) is 10.0 Å². The van der Waals surface area contributed by atoms with Crippen molar-refractivity contribution >= 4 is 27.0 Å². The van der Waals surface area contributed by atoms with Crippen molar-refractivity contribution in [2.24, 2.45) is 0 Å². The highest BCUT2D eigenvalue weighted by molar-refractivity contribution is 7.89. The van der Waals surface area contributed by atoms with Gasteiger partial charge in [0.05, 0.1) is 34.6 Å². The molecule has 0 unspecified atom stereocenters. The second-order valence-corrected chi connectivity index (χ2v) is 9.98. The highest BCUT2D eigenvalue weighted by Crippen LogP contribution is 2.39. The van der Waals surface area contributed by atoms with Gasteiger partial charge in [-0.1, -0.05) is 18.2 Å². The van der Waals surface area contributed by atoms with Crippen LogP contribution in [-0.2, 0) is 14.8 Å². The number of aromatic nitrogens is 2. The number of methoxy groups -OCH3 is 1. The molecule has 0 aliphatic carbocycles. The topological polar surface area (TPSA) is 81.5 Å². The van der Waals surface area contributed by atoms with Gasteiger partial charge in [0.15, 0.2) is 0 Å². The molecule has 2 heterocycles. The first kappa shape index (κ1) is 21.5. The summed E-state index contributed by atoms with van der Waals surface area (Å²) < 4.78 is 36.0. The summed E-state index contributed by atoms with van der Waals surface area (Å²) in [5, 5.41) is 0. The van der Waals surface area contributed by atoms with Crippen molar-refractivity contribution in [3.8, 4) is 0 Å². The number of rotatable bonds is 5. The molecule has 1 fully saturated rings. The average Bonchev–Trinajstić information content (AvgIpc) is 3.38. The molecule has 1 saturated heterocycles. The molecule has 1 aliphatic rings. The minimum atomic E-state index is -3.84. The Morgan fingerprint density at radius 2 is 1.90 bits per heavy atom. The smallest absolute Gasteiger partial charge is 0.338 e. The lowest BCUT2D eigenvalue weighted by atomic mass is 10.1. The molecule has 4 rings (SSSR count). The highest BCUT2D eigenvalue weighted by Gasteiger charge is 2.40. The molecule has 0 N–H and O–H groups in total. The standard InChI is InChI=1S/C23H27N3O4S/c1-15(2)26-19-11-6-5-10-18(19)24-22(26)20-12-8-14-25(20)31(28,29)21-13-7-9-17(16(21)3)23(27)30-4/h5-7,9-11,13,15,20H,8,12,14H2,1-4H3/t20-/m0/s1. The van der Waals surface area contributed by atoms with Crippen LogP contribution in [0.15, 0.2) is 47.4 Å². The Bertz CT molecular complexity index is 1250. The fourth-order valence-corrected chi connectivity index (χ4v) is 6.38. The number of esters is 1. The van der Waals surface area contributed by atoms with Crippen molar-refractivity contribution in [1.29, 1.82) is 0 Å². The maximum absolute atomic E-state index is 13.7. The van der Waals surface area contributed by atoms with E-state index in [1.165, 1.54) is 11.4 Å². The van der Waals surface area contributed by atoms with Gasteiger partial charge in [0.25, 0.3) is 0 Å². The number of benzene rings is 2. The van der Waals surface area contributed by atoms with Crippen molar-refractivity contribution in [3.63, 3.8) is 0 Å². The molecule has 3 aromatic rings. The van der Waals surface area contributed by atoms with Crippen LogP contribution in [0.1, 0.15) is 60.5 Å². The number of hydrogen-bond donors (Lipinski definition) is 0. The summed E-state index contributed by atoms with van der Waals surface area (Å²) in [5.41, 5.74) is 2.52. The fourth-order valence-electron chi connectivity index (χ4n) is 4.48. The Hall–Kier alpha value is -2.71. The third kappa shape index (κ3) is 3.53. The third-order valence-electron chi connectivity index (χ3n) is 5.92. The maximum Gasteiger partial charge on any atom is 0.338 e. The first-order chi connectivity index (χ1) is 14.8. The van der Waals surface area contributed by atoms with Crippen molar-refractivity contribution in [3.05, 3.63) is 59.4 Å². The normalized spacial score (nSPS) is 17.5. The predicted octanol–water partition coefficient (Wildman–Crippen LogP) is 4.24. The number of fused-ring (bicyclic) bond motifs is 1. The minimum Gasteiger partial charge on any atom is -0.465 e. The SMILES string of the molecule is COC(=O)c1cccc(S(=O)(=O)N2CCC[C@H]2c2nc3ccccc3n2C(C)C)c1C. The summed E-state index contributed by atoms with van der Waals surface area (Å²) in [6.07, 6.45) is 1.45. The van der Waals surface area contributed by atoms with E-state index in [2.05, 4.69) is 18.4 Å². The lowest BCUT2D eigenvalue weighted by Crippen LogP contribution is -2.33. The molecular weight excluding hydrogens is 414 g/mol. The number of hydrogen-bond acceptors (Lipinski definition) is 5. The largest absolute Gasteiger partial charge is 0.465 e. The van der Waals surface area contributed by atoms with Crippen LogP contribution in [0.5, 0.6) is 0 Å². The van der Waals surface area contributed by atoms with E-state index in [9.17, 15) is 13.2 Å². The fraction of sp³-hybridized carbons (Fsp3) is 0.391. The average molecular weight is 442 g/mol. The monoisotopic (exact) mass is 441 g/mol. The summed E-state index contributed by atoms with van der Waals surface area (Å²) in [7, 11) is -2.55. The second kappa shape index (κ2) is 8.09. The summed E-state index contributed by atoms with van der Waals surface area (Å²) in [5.74, 6) is 0.216. The summed E-state index contributed by atoms with van der Waals surface area (Å²) in [6.45, 7) is 6.22. The molecule has 0 radical (unpaired) electrons. The van der Waals surface area contributed by atoms with Crippen molar-refractivity contribution in [1.82, 2.24) is 13.9 Å². The number of imidazole rings is 1. The van der Waals surface area contributed by atoms with Crippen molar-refractivity contribution in [2.45, 2.75) is 50.6 Å². The molecule has 31 heavy (non-hydrogen) atoms. The number of sulfonamides is 1. The molecule has 1 aromatic heterocycles. The van der Waals surface area contributed by atoms with Gasteiger partial charge in [0.1, 0.15) is 5.82 Å². The van der Waals surface area contributed by atoms with Crippen LogP contribution in [0.3, 0.4) is 0 Å².